The minimum absolute atomic E-state index is 0.231. The van der Waals surface area contributed by atoms with Crippen LogP contribution in [0.4, 0.5) is 0 Å². The molecule has 4 nitrogen and oxygen atoms in total. The molecule has 1 rings (SSSR count). The first-order chi connectivity index (χ1) is 5.38. The van der Waals surface area contributed by atoms with Crippen molar-refractivity contribution in [1.29, 1.82) is 5.26 Å². The third-order valence-electron chi connectivity index (χ3n) is 1.66. The number of aromatic nitrogens is 3. The van der Waals surface area contributed by atoms with Crippen LogP contribution in [0.5, 0.6) is 0 Å². The molecule has 11 heavy (non-hydrogen) atoms. The molecular formula is C7H10N4. The van der Waals surface area contributed by atoms with Gasteiger partial charge in [0.25, 0.3) is 0 Å². The normalized spacial score (nSPS) is 12.4. The van der Waals surface area contributed by atoms with E-state index in [2.05, 4.69) is 16.3 Å². The van der Waals surface area contributed by atoms with Crippen LogP contribution in [0, 0.1) is 11.3 Å². The topological polar surface area (TPSA) is 54.5 Å². The van der Waals surface area contributed by atoms with Crippen molar-refractivity contribution in [2.24, 2.45) is 0 Å². The molecule has 0 saturated carbocycles. The lowest BCUT2D eigenvalue weighted by molar-refractivity contribution is 0.494. The minimum Gasteiger partial charge on any atom is -0.316 e. The number of nitriles is 1. The summed E-state index contributed by atoms with van der Waals surface area (Å²) < 4.78 is 1.86. The van der Waals surface area contributed by atoms with Crippen LogP contribution in [-0.4, -0.2) is 14.8 Å². The third-order valence-corrected chi connectivity index (χ3v) is 1.66. The Morgan fingerprint density at radius 1 is 1.55 bits per heavy atom. The van der Waals surface area contributed by atoms with Gasteiger partial charge in [-0.15, -0.1) is 10.2 Å². The Bertz CT molecular complexity index is 233. The van der Waals surface area contributed by atoms with Crippen LogP contribution in [0.15, 0.2) is 12.7 Å². The lowest BCUT2D eigenvalue weighted by Crippen LogP contribution is -2.04. The molecule has 1 aromatic heterocycles. The maximum atomic E-state index is 8.46. The number of rotatable bonds is 3. The second-order valence-electron chi connectivity index (χ2n) is 2.33. The summed E-state index contributed by atoms with van der Waals surface area (Å²) in [4.78, 5) is 0. The molecule has 0 aliphatic heterocycles. The Labute approximate surface area is 65.5 Å². The summed E-state index contributed by atoms with van der Waals surface area (Å²) in [6.45, 7) is 2.04. The monoisotopic (exact) mass is 150 g/mol. The predicted molar refractivity (Wildman–Crippen MR) is 39.6 cm³/mol. The summed E-state index contributed by atoms with van der Waals surface area (Å²) in [7, 11) is 0. The van der Waals surface area contributed by atoms with E-state index in [1.807, 2.05) is 11.5 Å². The zero-order chi connectivity index (χ0) is 8.10. The quantitative estimate of drug-likeness (QED) is 0.649. The van der Waals surface area contributed by atoms with Gasteiger partial charge in [-0.1, -0.05) is 6.92 Å². The minimum atomic E-state index is 0.231. The highest BCUT2D eigenvalue weighted by atomic mass is 15.2. The number of nitrogens with zero attached hydrogens (tertiary/aromatic N) is 4. The first kappa shape index (κ1) is 7.73. The number of hydrogen-bond donors (Lipinski definition) is 0. The summed E-state index contributed by atoms with van der Waals surface area (Å²) in [5, 5.41) is 15.8. The molecule has 0 aromatic carbocycles. The molecule has 4 heteroatoms. The van der Waals surface area contributed by atoms with E-state index >= 15 is 0 Å². The smallest absolute Gasteiger partial charge is 0.119 e. The second-order valence-corrected chi connectivity index (χ2v) is 2.33. The van der Waals surface area contributed by atoms with Gasteiger partial charge in [0.15, 0.2) is 0 Å². The summed E-state index contributed by atoms with van der Waals surface area (Å²) in [5.74, 6) is 0. The fourth-order valence-corrected chi connectivity index (χ4v) is 0.963. The van der Waals surface area contributed by atoms with Crippen LogP contribution < -0.4 is 0 Å². The van der Waals surface area contributed by atoms with E-state index in [9.17, 15) is 0 Å². The summed E-state index contributed by atoms with van der Waals surface area (Å²) in [5.41, 5.74) is 0. The summed E-state index contributed by atoms with van der Waals surface area (Å²) >= 11 is 0. The summed E-state index contributed by atoms with van der Waals surface area (Å²) in [6.07, 6.45) is 4.75. The molecule has 0 amide bonds. The fourth-order valence-electron chi connectivity index (χ4n) is 0.963. The van der Waals surface area contributed by atoms with E-state index in [4.69, 9.17) is 5.26 Å². The Kier molecular flexibility index (Phi) is 2.61. The molecule has 1 aromatic rings. The zero-order valence-corrected chi connectivity index (χ0v) is 6.44. The molecule has 1 atom stereocenters. The lowest BCUT2D eigenvalue weighted by Gasteiger charge is -2.10. The molecule has 0 radical (unpaired) electrons. The molecule has 0 aliphatic carbocycles. The Morgan fingerprint density at radius 2 is 2.18 bits per heavy atom. The van der Waals surface area contributed by atoms with Gasteiger partial charge < -0.3 is 4.57 Å². The Hall–Kier alpha value is -1.37. The molecule has 0 fully saturated rings. The predicted octanol–water partition coefficient (Wildman–Crippen LogP) is 1.14. The van der Waals surface area contributed by atoms with E-state index in [-0.39, 0.29) is 6.04 Å². The Morgan fingerprint density at radius 3 is 2.64 bits per heavy atom. The SMILES string of the molecule is CCC(CC#N)n1cnnc1. The largest absolute Gasteiger partial charge is 0.316 e. The van der Waals surface area contributed by atoms with Crippen molar-refractivity contribution in [3.8, 4) is 6.07 Å². The molecule has 0 N–H and O–H groups in total. The van der Waals surface area contributed by atoms with Crippen molar-refractivity contribution in [2.45, 2.75) is 25.8 Å². The standard InChI is InChI=1S/C7H10N4/c1-2-7(3-4-8)11-5-9-10-6-11/h5-7H,2-3H2,1H3. The van der Waals surface area contributed by atoms with Gasteiger partial charge in [-0.3, -0.25) is 0 Å². The van der Waals surface area contributed by atoms with Gasteiger partial charge in [0.1, 0.15) is 12.7 Å². The van der Waals surface area contributed by atoms with Crippen molar-refractivity contribution < 1.29 is 0 Å². The second kappa shape index (κ2) is 3.71. The Balaban J connectivity index is 2.65. The van der Waals surface area contributed by atoms with Crippen molar-refractivity contribution in [3.63, 3.8) is 0 Å². The van der Waals surface area contributed by atoms with Crippen LogP contribution >= 0.6 is 0 Å². The molecule has 0 bridgehead atoms. The molecule has 0 saturated heterocycles. The number of hydrogen-bond acceptors (Lipinski definition) is 3. The van der Waals surface area contributed by atoms with Crippen molar-refractivity contribution in [3.05, 3.63) is 12.7 Å². The van der Waals surface area contributed by atoms with Gasteiger partial charge in [-0.05, 0) is 6.42 Å². The average Bonchev–Trinajstić information content (AvgIpc) is 2.52. The lowest BCUT2D eigenvalue weighted by atomic mass is 10.2. The highest BCUT2D eigenvalue weighted by Gasteiger charge is 2.06. The first-order valence-electron chi connectivity index (χ1n) is 3.59. The highest BCUT2D eigenvalue weighted by Crippen LogP contribution is 2.12. The van der Waals surface area contributed by atoms with Gasteiger partial charge in [-0.25, -0.2) is 0 Å². The van der Waals surface area contributed by atoms with Gasteiger partial charge in [0, 0.05) is 6.04 Å². The molecule has 1 heterocycles. The highest BCUT2D eigenvalue weighted by molar-refractivity contribution is 4.81. The summed E-state index contributed by atoms with van der Waals surface area (Å²) in [6, 6.07) is 2.36. The fraction of sp³-hybridized carbons (Fsp3) is 0.571. The average molecular weight is 150 g/mol. The zero-order valence-electron chi connectivity index (χ0n) is 6.44. The van der Waals surface area contributed by atoms with Crippen molar-refractivity contribution in [1.82, 2.24) is 14.8 Å². The van der Waals surface area contributed by atoms with Gasteiger partial charge in [0.05, 0.1) is 12.5 Å². The van der Waals surface area contributed by atoms with E-state index in [1.54, 1.807) is 12.7 Å². The maximum absolute atomic E-state index is 8.46. The molecule has 1 unspecified atom stereocenters. The maximum Gasteiger partial charge on any atom is 0.119 e. The van der Waals surface area contributed by atoms with Crippen LogP contribution in [0.25, 0.3) is 0 Å². The molecule has 0 spiro atoms. The van der Waals surface area contributed by atoms with Crippen LogP contribution in [0.2, 0.25) is 0 Å². The first-order valence-corrected chi connectivity index (χ1v) is 3.59. The van der Waals surface area contributed by atoms with Gasteiger partial charge in [0.2, 0.25) is 0 Å². The van der Waals surface area contributed by atoms with E-state index in [0.717, 1.165) is 6.42 Å². The van der Waals surface area contributed by atoms with E-state index in [0.29, 0.717) is 6.42 Å². The van der Waals surface area contributed by atoms with Gasteiger partial charge >= 0.3 is 0 Å². The van der Waals surface area contributed by atoms with Crippen molar-refractivity contribution >= 4 is 0 Å². The molecule has 58 valence electrons. The van der Waals surface area contributed by atoms with Crippen LogP contribution in [0.1, 0.15) is 25.8 Å². The van der Waals surface area contributed by atoms with Crippen LogP contribution in [0.3, 0.4) is 0 Å². The third kappa shape index (κ3) is 1.77. The van der Waals surface area contributed by atoms with Gasteiger partial charge in [-0.2, -0.15) is 5.26 Å². The van der Waals surface area contributed by atoms with E-state index in [1.165, 1.54) is 0 Å². The van der Waals surface area contributed by atoms with Crippen LogP contribution in [-0.2, 0) is 0 Å². The molecule has 0 aliphatic rings. The van der Waals surface area contributed by atoms with Crippen molar-refractivity contribution in [2.75, 3.05) is 0 Å². The van der Waals surface area contributed by atoms with E-state index < -0.39 is 0 Å². The molecular weight excluding hydrogens is 140 g/mol.